The molecule has 1 aliphatic carbocycles. The summed E-state index contributed by atoms with van der Waals surface area (Å²) >= 11 is 0. The van der Waals surface area contributed by atoms with E-state index in [0.29, 0.717) is 24.8 Å². The third kappa shape index (κ3) is 4.59. The summed E-state index contributed by atoms with van der Waals surface area (Å²) in [5, 5.41) is 3.28. The van der Waals surface area contributed by atoms with Crippen LogP contribution < -0.4 is 5.32 Å². The van der Waals surface area contributed by atoms with Crippen LogP contribution in [0.3, 0.4) is 0 Å². The van der Waals surface area contributed by atoms with Crippen LogP contribution in [0.4, 0.5) is 13.2 Å². The van der Waals surface area contributed by atoms with Gasteiger partial charge in [0.15, 0.2) is 0 Å². The zero-order valence-corrected chi connectivity index (χ0v) is 12.6. The minimum absolute atomic E-state index is 0.197. The van der Waals surface area contributed by atoms with Crippen LogP contribution in [-0.2, 0) is 4.79 Å². The van der Waals surface area contributed by atoms with Crippen LogP contribution in [0.25, 0.3) is 0 Å². The van der Waals surface area contributed by atoms with Crippen molar-refractivity contribution in [2.24, 2.45) is 5.92 Å². The van der Waals surface area contributed by atoms with Crippen molar-refractivity contribution in [3.05, 3.63) is 0 Å². The minimum Gasteiger partial charge on any atom is -0.332 e. The Labute approximate surface area is 124 Å². The number of amides is 1. The van der Waals surface area contributed by atoms with Crippen LogP contribution in [0, 0.1) is 5.92 Å². The lowest BCUT2D eigenvalue weighted by atomic mass is 9.85. The molecule has 2 fully saturated rings. The van der Waals surface area contributed by atoms with Crippen molar-refractivity contribution >= 4 is 5.91 Å². The van der Waals surface area contributed by atoms with Crippen molar-refractivity contribution in [1.29, 1.82) is 0 Å². The average molecular weight is 306 g/mol. The number of unbranched alkanes of at least 4 members (excludes halogenated alkanes) is 1. The van der Waals surface area contributed by atoms with Crippen molar-refractivity contribution in [1.82, 2.24) is 10.2 Å². The lowest BCUT2D eigenvalue weighted by molar-refractivity contribution is -0.162. The second-order valence-electron chi connectivity index (χ2n) is 6.33. The van der Waals surface area contributed by atoms with E-state index in [1.807, 2.05) is 6.92 Å². The van der Waals surface area contributed by atoms with Gasteiger partial charge in [0, 0.05) is 12.6 Å². The predicted octanol–water partition coefficient (Wildman–Crippen LogP) is 3.10. The molecule has 1 amide bonds. The second-order valence-corrected chi connectivity index (χ2v) is 6.33. The van der Waals surface area contributed by atoms with Crippen LogP contribution in [-0.4, -0.2) is 42.2 Å². The highest BCUT2D eigenvalue weighted by atomic mass is 19.4. The lowest BCUT2D eigenvalue weighted by Crippen LogP contribution is -2.48. The molecule has 0 bridgehead atoms. The summed E-state index contributed by atoms with van der Waals surface area (Å²) in [6.45, 7) is 0.986. The van der Waals surface area contributed by atoms with E-state index in [1.54, 1.807) is 0 Å². The van der Waals surface area contributed by atoms with E-state index in [0.717, 1.165) is 30.6 Å². The van der Waals surface area contributed by atoms with Crippen molar-refractivity contribution in [3.63, 3.8) is 0 Å². The summed E-state index contributed by atoms with van der Waals surface area (Å²) in [6.07, 6.45) is 2.23. The van der Waals surface area contributed by atoms with Crippen molar-refractivity contribution < 1.29 is 18.0 Å². The Kier molecular flexibility index (Phi) is 5.52. The second kappa shape index (κ2) is 6.99. The monoisotopic (exact) mass is 306 g/mol. The van der Waals surface area contributed by atoms with Crippen LogP contribution in [0.5, 0.6) is 0 Å². The molecule has 0 spiro atoms. The Morgan fingerprint density at radius 2 is 2.00 bits per heavy atom. The summed E-state index contributed by atoms with van der Waals surface area (Å²) in [6, 6.07) is -0.0936. The third-order valence-corrected chi connectivity index (χ3v) is 4.62. The smallest absolute Gasteiger partial charge is 0.332 e. The van der Waals surface area contributed by atoms with Crippen LogP contribution in [0.2, 0.25) is 0 Å². The molecule has 2 rings (SSSR count). The number of halogens is 3. The summed E-state index contributed by atoms with van der Waals surface area (Å²) in [5.74, 6) is 0.0989. The van der Waals surface area contributed by atoms with Gasteiger partial charge in [-0.05, 0) is 31.6 Å². The van der Waals surface area contributed by atoms with Gasteiger partial charge in [-0.15, -0.1) is 0 Å². The molecule has 122 valence electrons. The van der Waals surface area contributed by atoms with Gasteiger partial charge in [0.2, 0.25) is 5.91 Å². The number of carbonyl (C=O) groups is 1. The number of nitrogens with zero attached hydrogens (tertiary/aromatic N) is 1. The first-order chi connectivity index (χ1) is 9.90. The van der Waals surface area contributed by atoms with Crippen LogP contribution in [0.15, 0.2) is 0 Å². The molecule has 3 unspecified atom stereocenters. The molecule has 0 radical (unpaired) electrons. The first-order valence-corrected chi connectivity index (χ1v) is 8.02. The molecular weight excluding hydrogens is 281 g/mol. The van der Waals surface area contributed by atoms with Gasteiger partial charge >= 0.3 is 6.18 Å². The zero-order valence-electron chi connectivity index (χ0n) is 12.6. The summed E-state index contributed by atoms with van der Waals surface area (Å²) < 4.78 is 38.0. The fraction of sp³-hybridized carbons (Fsp3) is 0.933. The molecule has 1 N–H and O–H groups in total. The number of hydrogen-bond donors (Lipinski definition) is 1. The summed E-state index contributed by atoms with van der Waals surface area (Å²) in [7, 11) is 0. The zero-order chi connectivity index (χ0) is 15.5. The summed E-state index contributed by atoms with van der Waals surface area (Å²) in [4.78, 5) is 13.4. The quantitative estimate of drug-likeness (QED) is 0.846. The Morgan fingerprint density at radius 1 is 1.29 bits per heavy atom. The average Bonchev–Trinajstić information content (AvgIpc) is 2.85. The molecule has 1 heterocycles. The minimum atomic E-state index is -4.32. The van der Waals surface area contributed by atoms with Gasteiger partial charge in [0.1, 0.15) is 6.54 Å². The molecule has 1 aliphatic heterocycles. The number of nitrogens with one attached hydrogen (secondary N) is 1. The molecule has 1 saturated heterocycles. The van der Waals surface area contributed by atoms with Crippen molar-refractivity contribution in [2.45, 2.75) is 70.1 Å². The molecule has 1 saturated carbocycles. The van der Waals surface area contributed by atoms with Gasteiger partial charge in [0.25, 0.3) is 0 Å². The molecule has 6 heteroatoms. The van der Waals surface area contributed by atoms with Crippen LogP contribution in [0.1, 0.15) is 51.9 Å². The van der Waals surface area contributed by atoms with E-state index in [1.165, 1.54) is 6.42 Å². The molecule has 3 atom stereocenters. The van der Waals surface area contributed by atoms with E-state index in [2.05, 4.69) is 5.32 Å². The van der Waals surface area contributed by atoms with E-state index >= 15 is 0 Å². The third-order valence-electron chi connectivity index (χ3n) is 4.62. The van der Waals surface area contributed by atoms with Gasteiger partial charge in [-0.2, -0.15) is 13.2 Å². The Bertz CT molecular complexity index is 345. The molecule has 0 aromatic rings. The van der Waals surface area contributed by atoms with Crippen molar-refractivity contribution in [2.75, 3.05) is 13.1 Å². The largest absolute Gasteiger partial charge is 0.406 e. The lowest BCUT2D eigenvalue weighted by Gasteiger charge is -2.27. The Hall–Kier alpha value is -0.780. The van der Waals surface area contributed by atoms with Crippen molar-refractivity contribution in [3.8, 4) is 0 Å². The molecule has 3 nitrogen and oxygen atoms in total. The molecule has 0 aromatic heterocycles. The highest BCUT2D eigenvalue weighted by Crippen LogP contribution is 2.34. The van der Waals surface area contributed by atoms with E-state index in [4.69, 9.17) is 0 Å². The predicted molar refractivity (Wildman–Crippen MR) is 74.8 cm³/mol. The molecule has 0 aromatic carbocycles. The molecule has 2 aliphatic rings. The van der Waals surface area contributed by atoms with Gasteiger partial charge in [-0.25, -0.2) is 0 Å². The number of rotatable bonds is 5. The first-order valence-electron chi connectivity index (χ1n) is 8.02. The van der Waals surface area contributed by atoms with E-state index in [9.17, 15) is 18.0 Å². The normalized spacial score (nSPS) is 29.2. The maximum Gasteiger partial charge on any atom is 0.406 e. The molecular formula is C15H25F3N2O. The maximum absolute atomic E-state index is 12.7. The topological polar surface area (TPSA) is 32.3 Å². The van der Waals surface area contributed by atoms with Gasteiger partial charge in [-0.3, -0.25) is 4.79 Å². The van der Waals surface area contributed by atoms with Gasteiger partial charge in [0.05, 0.1) is 6.04 Å². The number of carbonyl (C=O) groups excluding carboxylic acids is 1. The number of alkyl halides is 3. The fourth-order valence-electron chi connectivity index (χ4n) is 3.56. The Morgan fingerprint density at radius 3 is 2.62 bits per heavy atom. The van der Waals surface area contributed by atoms with Crippen LogP contribution >= 0.6 is 0 Å². The first kappa shape index (κ1) is 16.6. The molecule has 21 heavy (non-hydrogen) atoms. The SMILES string of the molecule is CCCCN(CC(F)(F)F)C(=O)C1CC2CCCCC2N1. The van der Waals surface area contributed by atoms with E-state index < -0.39 is 18.8 Å². The van der Waals surface area contributed by atoms with Gasteiger partial charge in [-0.1, -0.05) is 26.2 Å². The highest BCUT2D eigenvalue weighted by molar-refractivity contribution is 5.82. The van der Waals surface area contributed by atoms with Gasteiger partial charge < -0.3 is 10.2 Å². The summed E-state index contributed by atoms with van der Waals surface area (Å²) in [5.41, 5.74) is 0. The Balaban J connectivity index is 1.97. The highest BCUT2D eigenvalue weighted by Gasteiger charge is 2.41. The maximum atomic E-state index is 12.7. The van der Waals surface area contributed by atoms with E-state index in [-0.39, 0.29) is 12.5 Å². The number of fused-ring (bicyclic) bond motifs is 1. The standard InChI is InChI=1S/C15H25F3N2O/c1-2-3-8-20(10-15(16,17)18)14(21)13-9-11-6-4-5-7-12(11)19-13/h11-13,19H,2-10H2,1H3. The fourth-order valence-corrected chi connectivity index (χ4v) is 3.56. The number of hydrogen-bond acceptors (Lipinski definition) is 2.